The molecular formula is C22H25N3O4. The van der Waals surface area contributed by atoms with Crippen LogP contribution in [-0.4, -0.2) is 48.3 Å². The Morgan fingerprint density at radius 3 is 2.48 bits per heavy atom. The molecule has 3 amide bonds. The second-order valence-corrected chi connectivity index (χ2v) is 7.00. The molecule has 1 aliphatic heterocycles. The van der Waals surface area contributed by atoms with Crippen LogP contribution < -0.4 is 10.6 Å². The summed E-state index contributed by atoms with van der Waals surface area (Å²) in [6.07, 6.45) is 4.45. The number of amides is 3. The van der Waals surface area contributed by atoms with Crippen LogP contribution in [0.3, 0.4) is 0 Å². The van der Waals surface area contributed by atoms with Gasteiger partial charge in [0.2, 0.25) is 11.8 Å². The quantitative estimate of drug-likeness (QED) is 0.733. The first kappa shape index (κ1) is 20.4. The van der Waals surface area contributed by atoms with Gasteiger partial charge in [0, 0.05) is 25.2 Å². The van der Waals surface area contributed by atoms with Crippen LogP contribution in [0.2, 0.25) is 0 Å². The maximum Gasteiger partial charge on any atom is 0.287 e. The molecule has 1 aromatic heterocycles. The van der Waals surface area contributed by atoms with Crippen LogP contribution in [0, 0.1) is 6.92 Å². The molecule has 0 unspecified atom stereocenters. The Bertz CT molecular complexity index is 880. The fourth-order valence-electron chi connectivity index (χ4n) is 3.16. The predicted octanol–water partition coefficient (Wildman–Crippen LogP) is 2.14. The van der Waals surface area contributed by atoms with Gasteiger partial charge < -0.3 is 20.0 Å². The van der Waals surface area contributed by atoms with E-state index in [0.29, 0.717) is 37.5 Å². The van der Waals surface area contributed by atoms with Crippen molar-refractivity contribution in [3.63, 3.8) is 0 Å². The van der Waals surface area contributed by atoms with E-state index in [1.807, 2.05) is 30.3 Å². The molecule has 1 aromatic carbocycles. The van der Waals surface area contributed by atoms with Gasteiger partial charge in [-0.05, 0) is 43.5 Å². The summed E-state index contributed by atoms with van der Waals surface area (Å²) in [6.45, 7) is 2.82. The van der Waals surface area contributed by atoms with Gasteiger partial charge in [-0.1, -0.05) is 30.3 Å². The van der Waals surface area contributed by atoms with Crippen LogP contribution in [-0.2, 0) is 9.59 Å². The van der Waals surface area contributed by atoms with Crippen molar-refractivity contribution in [3.05, 3.63) is 65.6 Å². The highest BCUT2D eigenvalue weighted by molar-refractivity contribution is 5.94. The summed E-state index contributed by atoms with van der Waals surface area (Å²) in [5, 5.41) is 5.56. The Kier molecular flexibility index (Phi) is 6.84. The van der Waals surface area contributed by atoms with E-state index < -0.39 is 0 Å². The minimum absolute atomic E-state index is 0.000327. The van der Waals surface area contributed by atoms with Crippen molar-refractivity contribution in [2.75, 3.05) is 19.6 Å². The summed E-state index contributed by atoms with van der Waals surface area (Å²) in [4.78, 5) is 38.1. The number of likely N-dealkylation sites (tertiary alicyclic amines) is 1. The summed E-state index contributed by atoms with van der Waals surface area (Å²) in [6, 6.07) is 12.9. The number of hydrogen-bond acceptors (Lipinski definition) is 4. The molecule has 1 fully saturated rings. The summed E-state index contributed by atoms with van der Waals surface area (Å²) in [5.74, 6) is 0.319. The molecule has 0 bridgehead atoms. The van der Waals surface area contributed by atoms with Crippen molar-refractivity contribution in [1.29, 1.82) is 0 Å². The SMILES string of the molecule is Cc1ccc(C(=O)NC2CCN(C(=O)CNC(=O)/C=C/c3ccccc3)CC2)o1. The number of furan rings is 1. The van der Waals surface area contributed by atoms with E-state index >= 15 is 0 Å². The third-order valence-electron chi connectivity index (χ3n) is 4.79. The van der Waals surface area contributed by atoms with Crippen molar-refractivity contribution in [1.82, 2.24) is 15.5 Å². The third kappa shape index (κ3) is 6.07. The van der Waals surface area contributed by atoms with E-state index in [0.717, 1.165) is 5.56 Å². The number of rotatable bonds is 6. The maximum absolute atomic E-state index is 12.3. The summed E-state index contributed by atoms with van der Waals surface area (Å²) in [5.41, 5.74) is 0.919. The molecule has 29 heavy (non-hydrogen) atoms. The van der Waals surface area contributed by atoms with Gasteiger partial charge in [-0.3, -0.25) is 14.4 Å². The molecule has 1 aliphatic rings. The normalized spacial score (nSPS) is 14.7. The molecule has 1 saturated heterocycles. The van der Waals surface area contributed by atoms with Gasteiger partial charge >= 0.3 is 0 Å². The predicted molar refractivity (Wildman–Crippen MR) is 109 cm³/mol. The van der Waals surface area contributed by atoms with Crippen molar-refractivity contribution in [3.8, 4) is 0 Å². The van der Waals surface area contributed by atoms with E-state index in [2.05, 4.69) is 10.6 Å². The lowest BCUT2D eigenvalue weighted by atomic mass is 10.0. The zero-order chi connectivity index (χ0) is 20.6. The Morgan fingerprint density at radius 2 is 1.83 bits per heavy atom. The van der Waals surface area contributed by atoms with Gasteiger partial charge in [0.25, 0.3) is 5.91 Å². The monoisotopic (exact) mass is 395 g/mol. The van der Waals surface area contributed by atoms with E-state index in [1.165, 1.54) is 6.08 Å². The Balaban J connectivity index is 1.38. The lowest BCUT2D eigenvalue weighted by Crippen LogP contribution is -2.48. The molecule has 2 heterocycles. The first-order valence-electron chi connectivity index (χ1n) is 9.67. The first-order valence-corrected chi connectivity index (χ1v) is 9.67. The van der Waals surface area contributed by atoms with Gasteiger partial charge in [0.1, 0.15) is 5.76 Å². The highest BCUT2D eigenvalue weighted by atomic mass is 16.3. The van der Waals surface area contributed by atoms with Gasteiger partial charge in [-0.15, -0.1) is 0 Å². The molecule has 3 rings (SSSR count). The summed E-state index contributed by atoms with van der Waals surface area (Å²) >= 11 is 0. The number of benzene rings is 1. The Hall–Kier alpha value is -3.35. The second kappa shape index (κ2) is 9.73. The molecule has 2 N–H and O–H groups in total. The van der Waals surface area contributed by atoms with Crippen molar-refractivity contribution in [2.45, 2.75) is 25.8 Å². The molecule has 0 radical (unpaired) electrons. The van der Waals surface area contributed by atoms with E-state index in [-0.39, 0.29) is 30.3 Å². The highest BCUT2D eigenvalue weighted by Crippen LogP contribution is 2.12. The van der Waals surface area contributed by atoms with E-state index in [9.17, 15) is 14.4 Å². The number of piperidine rings is 1. The fraction of sp³-hybridized carbons (Fsp3) is 0.318. The highest BCUT2D eigenvalue weighted by Gasteiger charge is 2.24. The zero-order valence-corrected chi connectivity index (χ0v) is 16.4. The van der Waals surface area contributed by atoms with Crippen molar-refractivity contribution in [2.24, 2.45) is 0 Å². The number of hydrogen-bond donors (Lipinski definition) is 2. The van der Waals surface area contributed by atoms with E-state index in [4.69, 9.17) is 4.42 Å². The number of carbonyl (C=O) groups excluding carboxylic acids is 3. The number of nitrogens with zero attached hydrogens (tertiary/aromatic N) is 1. The molecule has 2 aromatic rings. The number of nitrogens with one attached hydrogen (secondary N) is 2. The Labute approximate surface area is 169 Å². The van der Waals surface area contributed by atoms with Gasteiger partial charge in [-0.25, -0.2) is 0 Å². The first-order chi connectivity index (χ1) is 14.0. The fourth-order valence-corrected chi connectivity index (χ4v) is 3.16. The van der Waals surface area contributed by atoms with Crippen molar-refractivity contribution < 1.29 is 18.8 Å². The molecule has 152 valence electrons. The maximum atomic E-state index is 12.3. The molecule has 0 spiro atoms. The minimum Gasteiger partial charge on any atom is -0.456 e. The molecule has 0 saturated carbocycles. The second-order valence-electron chi connectivity index (χ2n) is 7.00. The molecule has 0 atom stereocenters. The van der Waals surface area contributed by atoms with Crippen LogP contribution in [0.15, 0.2) is 53.0 Å². The number of aryl methyl sites for hydroxylation is 1. The lowest BCUT2D eigenvalue weighted by Gasteiger charge is -2.32. The smallest absolute Gasteiger partial charge is 0.287 e. The summed E-state index contributed by atoms with van der Waals surface area (Å²) < 4.78 is 5.33. The average molecular weight is 395 g/mol. The van der Waals surface area contributed by atoms with Crippen LogP contribution in [0.1, 0.15) is 34.7 Å². The Morgan fingerprint density at radius 1 is 1.10 bits per heavy atom. The topological polar surface area (TPSA) is 91.7 Å². The summed E-state index contributed by atoms with van der Waals surface area (Å²) in [7, 11) is 0. The average Bonchev–Trinajstić information content (AvgIpc) is 3.18. The van der Waals surface area contributed by atoms with Crippen molar-refractivity contribution >= 4 is 23.8 Å². The number of carbonyl (C=O) groups is 3. The van der Waals surface area contributed by atoms with Gasteiger partial charge in [0.05, 0.1) is 6.54 Å². The molecule has 7 heteroatoms. The van der Waals surface area contributed by atoms with Gasteiger partial charge in [-0.2, -0.15) is 0 Å². The minimum atomic E-state index is -0.307. The van der Waals surface area contributed by atoms with Crippen LogP contribution in [0.5, 0.6) is 0 Å². The zero-order valence-electron chi connectivity index (χ0n) is 16.4. The largest absolute Gasteiger partial charge is 0.456 e. The lowest BCUT2D eigenvalue weighted by molar-refractivity contribution is -0.133. The van der Waals surface area contributed by atoms with Gasteiger partial charge in [0.15, 0.2) is 5.76 Å². The van der Waals surface area contributed by atoms with Crippen LogP contribution >= 0.6 is 0 Å². The van der Waals surface area contributed by atoms with Crippen LogP contribution in [0.4, 0.5) is 0 Å². The van der Waals surface area contributed by atoms with E-state index in [1.54, 1.807) is 30.0 Å². The molecular weight excluding hydrogens is 370 g/mol. The molecule has 0 aliphatic carbocycles. The van der Waals surface area contributed by atoms with Crippen LogP contribution in [0.25, 0.3) is 6.08 Å². The molecule has 7 nitrogen and oxygen atoms in total. The standard InChI is InChI=1S/C22H25N3O4/c1-16-7-9-19(29-16)22(28)24-18-11-13-25(14-12-18)21(27)15-23-20(26)10-8-17-5-3-2-4-6-17/h2-10,18H,11-15H2,1H3,(H,23,26)(H,24,28)/b10-8+. The third-order valence-corrected chi connectivity index (χ3v) is 4.79.